The van der Waals surface area contributed by atoms with Gasteiger partial charge in [0, 0.05) is 30.3 Å². The second kappa shape index (κ2) is 4.72. The summed E-state index contributed by atoms with van der Waals surface area (Å²) in [5.74, 6) is 0.100. The van der Waals surface area contributed by atoms with E-state index < -0.39 is 0 Å². The van der Waals surface area contributed by atoms with Crippen molar-refractivity contribution in [2.24, 2.45) is 5.92 Å². The lowest BCUT2D eigenvalue weighted by molar-refractivity contribution is -0.128. The zero-order chi connectivity index (χ0) is 12.5. The molecule has 0 bridgehead atoms. The van der Waals surface area contributed by atoms with Gasteiger partial charge in [-0.15, -0.1) is 0 Å². The van der Waals surface area contributed by atoms with Crippen LogP contribution in [0.4, 0.5) is 0 Å². The standard InChI is InChI=1S/C13H15NO3S/c15-12-5-9(6-14(12)11-1-2-11)7-17-13(16)10-3-4-18-8-10/h3-4,8-9,11H,1-2,5-7H2/t9-/m0/s1. The van der Waals surface area contributed by atoms with Gasteiger partial charge < -0.3 is 9.64 Å². The first kappa shape index (κ1) is 11.7. The molecule has 1 saturated carbocycles. The Bertz CT molecular complexity index is 453. The third-order valence-corrected chi connectivity index (χ3v) is 4.12. The highest BCUT2D eigenvalue weighted by Gasteiger charge is 2.39. The topological polar surface area (TPSA) is 46.6 Å². The fourth-order valence-corrected chi connectivity index (χ4v) is 2.94. The van der Waals surface area contributed by atoms with Crippen LogP contribution in [0.1, 0.15) is 29.6 Å². The molecule has 1 aromatic rings. The zero-order valence-electron chi connectivity index (χ0n) is 10.0. The number of amides is 1. The minimum atomic E-state index is -0.284. The lowest BCUT2D eigenvalue weighted by Crippen LogP contribution is -2.27. The molecule has 0 N–H and O–H groups in total. The number of nitrogens with zero attached hydrogens (tertiary/aromatic N) is 1. The molecule has 1 aromatic heterocycles. The summed E-state index contributed by atoms with van der Waals surface area (Å²) in [5, 5.41) is 3.63. The zero-order valence-corrected chi connectivity index (χ0v) is 10.8. The van der Waals surface area contributed by atoms with Crippen LogP contribution in [0, 0.1) is 5.92 Å². The van der Waals surface area contributed by atoms with Crippen molar-refractivity contribution in [1.29, 1.82) is 0 Å². The van der Waals surface area contributed by atoms with Crippen LogP contribution in [-0.2, 0) is 9.53 Å². The van der Waals surface area contributed by atoms with E-state index in [2.05, 4.69) is 0 Å². The van der Waals surface area contributed by atoms with Crippen molar-refractivity contribution < 1.29 is 14.3 Å². The molecular formula is C13H15NO3S. The fraction of sp³-hybridized carbons (Fsp3) is 0.538. The van der Waals surface area contributed by atoms with E-state index in [9.17, 15) is 9.59 Å². The highest BCUT2D eigenvalue weighted by atomic mass is 32.1. The average Bonchev–Trinajstić information content (AvgIpc) is 2.91. The third-order valence-electron chi connectivity index (χ3n) is 3.43. The van der Waals surface area contributed by atoms with E-state index in [1.165, 1.54) is 11.3 Å². The van der Waals surface area contributed by atoms with E-state index in [-0.39, 0.29) is 17.8 Å². The molecule has 96 valence electrons. The van der Waals surface area contributed by atoms with Crippen molar-refractivity contribution in [3.05, 3.63) is 22.4 Å². The predicted molar refractivity (Wildman–Crippen MR) is 67.4 cm³/mol. The number of carbonyl (C=O) groups excluding carboxylic acids is 2. The molecule has 1 amide bonds. The molecule has 4 nitrogen and oxygen atoms in total. The molecule has 0 unspecified atom stereocenters. The monoisotopic (exact) mass is 265 g/mol. The maximum atomic E-state index is 11.7. The molecule has 2 fully saturated rings. The summed E-state index contributed by atoms with van der Waals surface area (Å²) < 4.78 is 5.26. The van der Waals surface area contributed by atoms with E-state index in [1.807, 2.05) is 10.3 Å². The molecule has 0 aromatic carbocycles. The summed E-state index contributed by atoms with van der Waals surface area (Å²) in [4.78, 5) is 25.3. The van der Waals surface area contributed by atoms with Gasteiger partial charge in [0.05, 0.1) is 12.2 Å². The van der Waals surface area contributed by atoms with E-state index in [1.54, 1.807) is 11.4 Å². The normalized spacial score (nSPS) is 23.4. The quantitative estimate of drug-likeness (QED) is 0.781. The van der Waals surface area contributed by atoms with E-state index >= 15 is 0 Å². The molecule has 1 aliphatic heterocycles. The van der Waals surface area contributed by atoms with Crippen molar-refractivity contribution >= 4 is 23.2 Å². The Morgan fingerprint density at radius 1 is 1.50 bits per heavy atom. The molecule has 5 heteroatoms. The predicted octanol–water partition coefficient (Wildman–Crippen LogP) is 1.92. The van der Waals surface area contributed by atoms with Gasteiger partial charge in [0.15, 0.2) is 0 Å². The lowest BCUT2D eigenvalue weighted by Gasteiger charge is -2.15. The molecule has 1 atom stereocenters. The van der Waals surface area contributed by atoms with Crippen LogP contribution >= 0.6 is 11.3 Å². The van der Waals surface area contributed by atoms with Gasteiger partial charge in [-0.25, -0.2) is 4.79 Å². The molecule has 1 aliphatic carbocycles. The minimum absolute atomic E-state index is 0.167. The van der Waals surface area contributed by atoms with Gasteiger partial charge in [-0.2, -0.15) is 11.3 Å². The van der Waals surface area contributed by atoms with Crippen LogP contribution < -0.4 is 0 Å². The van der Waals surface area contributed by atoms with Crippen LogP contribution in [0.3, 0.4) is 0 Å². The largest absolute Gasteiger partial charge is 0.462 e. The first-order valence-electron chi connectivity index (χ1n) is 6.23. The number of hydrogen-bond acceptors (Lipinski definition) is 4. The Labute approximate surface area is 110 Å². The van der Waals surface area contributed by atoms with E-state index in [0.717, 1.165) is 19.4 Å². The van der Waals surface area contributed by atoms with Crippen molar-refractivity contribution in [2.75, 3.05) is 13.2 Å². The Morgan fingerprint density at radius 3 is 3.00 bits per heavy atom. The maximum absolute atomic E-state index is 11.7. The Morgan fingerprint density at radius 2 is 2.33 bits per heavy atom. The SMILES string of the molecule is O=C(OC[C@H]1CC(=O)N(C2CC2)C1)c1ccsc1. The van der Waals surface area contributed by atoms with E-state index in [0.29, 0.717) is 24.6 Å². The molecule has 3 rings (SSSR count). The Hall–Kier alpha value is -1.36. The minimum Gasteiger partial charge on any atom is -0.462 e. The third kappa shape index (κ3) is 2.41. The van der Waals surface area contributed by atoms with Gasteiger partial charge >= 0.3 is 5.97 Å². The van der Waals surface area contributed by atoms with Crippen LogP contribution in [0.25, 0.3) is 0 Å². The van der Waals surface area contributed by atoms with Crippen LogP contribution in [0.15, 0.2) is 16.8 Å². The summed E-state index contributed by atoms with van der Waals surface area (Å²) in [7, 11) is 0. The average molecular weight is 265 g/mol. The van der Waals surface area contributed by atoms with Gasteiger partial charge in [-0.1, -0.05) is 0 Å². The van der Waals surface area contributed by atoms with Crippen molar-refractivity contribution in [2.45, 2.75) is 25.3 Å². The van der Waals surface area contributed by atoms with Crippen LogP contribution in [0.5, 0.6) is 0 Å². The second-order valence-corrected chi connectivity index (χ2v) is 5.74. The molecule has 2 heterocycles. The summed E-state index contributed by atoms with van der Waals surface area (Å²) in [6.45, 7) is 1.10. The number of likely N-dealkylation sites (tertiary alicyclic amines) is 1. The molecule has 0 radical (unpaired) electrons. The number of ether oxygens (including phenoxy) is 1. The first-order chi connectivity index (χ1) is 8.74. The first-order valence-corrected chi connectivity index (χ1v) is 7.17. The van der Waals surface area contributed by atoms with Gasteiger partial charge in [0.25, 0.3) is 0 Å². The number of esters is 1. The molecule has 1 saturated heterocycles. The van der Waals surface area contributed by atoms with Crippen LogP contribution in [-0.4, -0.2) is 36.0 Å². The van der Waals surface area contributed by atoms with E-state index in [4.69, 9.17) is 4.74 Å². The van der Waals surface area contributed by atoms with Crippen molar-refractivity contribution in [1.82, 2.24) is 4.90 Å². The van der Waals surface area contributed by atoms with Crippen LogP contribution in [0.2, 0.25) is 0 Å². The van der Waals surface area contributed by atoms with Gasteiger partial charge in [-0.05, 0) is 24.3 Å². The Balaban J connectivity index is 1.49. The summed E-state index contributed by atoms with van der Waals surface area (Å²) in [5.41, 5.74) is 0.600. The second-order valence-electron chi connectivity index (χ2n) is 4.96. The Kier molecular flexibility index (Phi) is 3.07. The smallest absolute Gasteiger partial charge is 0.338 e. The van der Waals surface area contributed by atoms with Crippen molar-refractivity contribution in [3.8, 4) is 0 Å². The number of hydrogen-bond donors (Lipinski definition) is 0. The number of rotatable bonds is 4. The number of thiophene rings is 1. The summed E-state index contributed by atoms with van der Waals surface area (Å²) >= 11 is 1.48. The van der Waals surface area contributed by atoms with Gasteiger partial charge in [0.2, 0.25) is 5.91 Å². The lowest BCUT2D eigenvalue weighted by atomic mass is 10.1. The molecule has 18 heavy (non-hydrogen) atoms. The molecule has 0 spiro atoms. The molecular weight excluding hydrogens is 250 g/mol. The van der Waals surface area contributed by atoms with Gasteiger partial charge in [0.1, 0.15) is 0 Å². The summed E-state index contributed by atoms with van der Waals surface area (Å²) in [6.07, 6.45) is 2.79. The maximum Gasteiger partial charge on any atom is 0.338 e. The van der Waals surface area contributed by atoms with Crippen molar-refractivity contribution in [3.63, 3.8) is 0 Å². The van der Waals surface area contributed by atoms with Gasteiger partial charge in [-0.3, -0.25) is 4.79 Å². The fourth-order valence-electron chi connectivity index (χ4n) is 2.32. The number of carbonyl (C=O) groups is 2. The molecule has 2 aliphatic rings. The highest BCUT2D eigenvalue weighted by molar-refractivity contribution is 7.08. The highest BCUT2D eigenvalue weighted by Crippen LogP contribution is 2.32. The summed E-state index contributed by atoms with van der Waals surface area (Å²) in [6, 6.07) is 2.22.